The molecule has 3 fully saturated rings. The molecule has 1 heterocycles. The van der Waals surface area contributed by atoms with Gasteiger partial charge in [0.25, 0.3) is 0 Å². The van der Waals surface area contributed by atoms with Crippen molar-refractivity contribution in [1.29, 1.82) is 0 Å². The van der Waals surface area contributed by atoms with Gasteiger partial charge in [0.15, 0.2) is 0 Å². The average molecular weight is 304 g/mol. The van der Waals surface area contributed by atoms with Crippen molar-refractivity contribution in [3.8, 4) is 0 Å². The zero-order chi connectivity index (χ0) is 14.9. The molecule has 0 aromatic rings. The van der Waals surface area contributed by atoms with Crippen LogP contribution in [-0.2, 0) is 0 Å². The van der Waals surface area contributed by atoms with Crippen LogP contribution in [0.15, 0.2) is 0 Å². The average Bonchev–Trinajstić information content (AvgIpc) is 3.16. The molecule has 1 N–H and O–H groups in total. The van der Waals surface area contributed by atoms with Crippen LogP contribution < -0.4 is 5.32 Å². The van der Waals surface area contributed by atoms with Crippen molar-refractivity contribution >= 4 is 0 Å². The van der Waals surface area contributed by atoms with E-state index in [1.807, 2.05) is 0 Å². The number of nitrogens with zero attached hydrogens (tertiary/aromatic N) is 1. The normalized spacial score (nSPS) is 28.1. The van der Waals surface area contributed by atoms with Gasteiger partial charge >= 0.3 is 6.18 Å². The van der Waals surface area contributed by atoms with E-state index in [9.17, 15) is 13.2 Å². The van der Waals surface area contributed by atoms with Crippen LogP contribution in [-0.4, -0.2) is 43.3 Å². The molecule has 1 saturated heterocycles. The molecule has 3 aliphatic rings. The summed E-state index contributed by atoms with van der Waals surface area (Å²) in [4.78, 5) is 2.29. The Labute approximate surface area is 125 Å². The molecule has 2 saturated carbocycles. The highest BCUT2D eigenvalue weighted by Gasteiger charge is 2.43. The predicted molar refractivity (Wildman–Crippen MR) is 77.1 cm³/mol. The molecule has 3 rings (SSSR count). The Morgan fingerprint density at radius 1 is 1.00 bits per heavy atom. The summed E-state index contributed by atoms with van der Waals surface area (Å²) in [5.41, 5.74) is 0.327. The minimum Gasteiger partial charge on any atom is -0.313 e. The van der Waals surface area contributed by atoms with E-state index in [0.29, 0.717) is 18.5 Å². The Hall–Kier alpha value is -0.290. The second-order valence-corrected chi connectivity index (χ2v) is 7.45. The van der Waals surface area contributed by atoms with Gasteiger partial charge in [-0.3, -0.25) is 0 Å². The van der Waals surface area contributed by atoms with E-state index in [1.54, 1.807) is 0 Å². The zero-order valence-electron chi connectivity index (χ0n) is 12.7. The van der Waals surface area contributed by atoms with Crippen LogP contribution in [0.5, 0.6) is 0 Å². The Morgan fingerprint density at radius 2 is 1.62 bits per heavy atom. The molecule has 21 heavy (non-hydrogen) atoms. The van der Waals surface area contributed by atoms with Gasteiger partial charge in [0.05, 0.1) is 5.92 Å². The van der Waals surface area contributed by atoms with Gasteiger partial charge in [-0.05, 0) is 57.0 Å². The topological polar surface area (TPSA) is 15.3 Å². The number of nitrogens with one attached hydrogen (secondary N) is 1. The fourth-order valence-corrected chi connectivity index (χ4v) is 4.06. The standard InChI is InChI=1S/C16H27F3N2/c17-16(18,19)13-5-9-21(10-6-13)12-15(7-1-2-8-15)11-20-14-3-4-14/h13-14,20H,1-12H2. The first-order chi connectivity index (χ1) is 9.97. The lowest BCUT2D eigenvalue weighted by Gasteiger charge is -2.39. The van der Waals surface area contributed by atoms with E-state index >= 15 is 0 Å². The Morgan fingerprint density at radius 3 is 2.14 bits per heavy atom. The predicted octanol–water partition coefficient (Wildman–Crippen LogP) is 3.57. The van der Waals surface area contributed by atoms with Crippen molar-refractivity contribution in [2.75, 3.05) is 26.2 Å². The zero-order valence-corrected chi connectivity index (χ0v) is 12.7. The molecule has 0 unspecified atom stereocenters. The number of hydrogen-bond donors (Lipinski definition) is 1. The van der Waals surface area contributed by atoms with Gasteiger partial charge in [-0.2, -0.15) is 13.2 Å². The molecule has 122 valence electrons. The van der Waals surface area contributed by atoms with E-state index in [0.717, 1.165) is 19.1 Å². The largest absolute Gasteiger partial charge is 0.391 e. The van der Waals surface area contributed by atoms with E-state index < -0.39 is 12.1 Å². The van der Waals surface area contributed by atoms with Gasteiger partial charge in [0.1, 0.15) is 0 Å². The smallest absolute Gasteiger partial charge is 0.313 e. The third kappa shape index (κ3) is 4.13. The van der Waals surface area contributed by atoms with Crippen molar-refractivity contribution < 1.29 is 13.2 Å². The van der Waals surface area contributed by atoms with E-state index in [1.165, 1.54) is 38.5 Å². The van der Waals surface area contributed by atoms with Crippen LogP contribution >= 0.6 is 0 Å². The summed E-state index contributed by atoms with van der Waals surface area (Å²) in [5.74, 6) is -1.07. The first-order valence-corrected chi connectivity index (χ1v) is 8.49. The second kappa shape index (κ2) is 6.07. The maximum atomic E-state index is 12.7. The van der Waals surface area contributed by atoms with E-state index in [-0.39, 0.29) is 12.8 Å². The van der Waals surface area contributed by atoms with Gasteiger partial charge in [-0.15, -0.1) is 0 Å². The van der Waals surface area contributed by atoms with Crippen molar-refractivity contribution in [3.63, 3.8) is 0 Å². The van der Waals surface area contributed by atoms with E-state index in [4.69, 9.17) is 0 Å². The number of alkyl halides is 3. The number of piperidine rings is 1. The van der Waals surface area contributed by atoms with Crippen LogP contribution in [0.2, 0.25) is 0 Å². The number of likely N-dealkylation sites (tertiary alicyclic amines) is 1. The SMILES string of the molecule is FC(F)(F)C1CCN(CC2(CNC3CC3)CCCC2)CC1. The molecule has 0 spiro atoms. The molecule has 0 bridgehead atoms. The summed E-state index contributed by atoms with van der Waals surface area (Å²) in [6.45, 7) is 3.30. The second-order valence-electron chi connectivity index (χ2n) is 7.45. The number of hydrogen-bond acceptors (Lipinski definition) is 2. The van der Waals surface area contributed by atoms with Crippen LogP contribution in [0, 0.1) is 11.3 Å². The molecule has 5 heteroatoms. The lowest BCUT2D eigenvalue weighted by atomic mass is 9.84. The Bertz CT molecular complexity index is 338. The van der Waals surface area contributed by atoms with Gasteiger partial charge < -0.3 is 10.2 Å². The first kappa shape index (κ1) is 15.6. The lowest BCUT2D eigenvalue weighted by Crippen LogP contribution is -2.47. The van der Waals surface area contributed by atoms with Crippen LogP contribution in [0.4, 0.5) is 13.2 Å². The molecule has 0 aromatic heterocycles. The van der Waals surface area contributed by atoms with Crippen LogP contribution in [0.3, 0.4) is 0 Å². The summed E-state index contributed by atoms with van der Waals surface area (Å²) < 4.78 is 38.2. The van der Waals surface area contributed by atoms with Crippen molar-refractivity contribution in [3.05, 3.63) is 0 Å². The fraction of sp³-hybridized carbons (Fsp3) is 1.00. The maximum Gasteiger partial charge on any atom is 0.391 e. The Balaban J connectivity index is 1.50. The van der Waals surface area contributed by atoms with Crippen molar-refractivity contribution in [2.24, 2.45) is 11.3 Å². The molecule has 1 aliphatic heterocycles. The molecule has 0 radical (unpaired) electrons. The highest BCUT2D eigenvalue weighted by Crippen LogP contribution is 2.41. The first-order valence-electron chi connectivity index (χ1n) is 8.49. The Kier molecular flexibility index (Phi) is 4.51. The quantitative estimate of drug-likeness (QED) is 0.835. The van der Waals surface area contributed by atoms with Crippen LogP contribution in [0.25, 0.3) is 0 Å². The third-order valence-electron chi connectivity index (χ3n) is 5.62. The maximum absolute atomic E-state index is 12.7. The molecule has 0 amide bonds. The minimum atomic E-state index is -4.00. The monoisotopic (exact) mass is 304 g/mol. The van der Waals surface area contributed by atoms with Gasteiger partial charge in [0.2, 0.25) is 0 Å². The highest BCUT2D eigenvalue weighted by atomic mass is 19.4. The minimum absolute atomic E-state index is 0.287. The summed E-state index contributed by atoms with van der Waals surface area (Å²) in [6, 6.07) is 0.721. The van der Waals surface area contributed by atoms with Crippen LogP contribution in [0.1, 0.15) is 51.4 Å². The van der Waals surface area contributed by atoms with Gasteiger partial charge in [-0.25, -0.2) is 0 Å². The molecule has 0 aromatic carbocycles. The van der Waals surface area contributed by atoms with Gasteiger partial charge in [-0.1, -0.05) is 12.8 Å². The third-order valence-corrected chi connectivity index (χ3v) is 5.62. The summed E-state index contributed by atoms with van der Waals surface area (Å²) in [6.07, 6.45) is 4.23. The van der Waals surface area contributed by atoms with E-state index in [2.05, 4.69) is 10.2 Å². The summed E-state index contributed by atoms with van der Waals surface area (Å²) in [5, 5.41) is 3.66. The molecule has 0 atom stereocenters. The number of halogens is 3. The fourth-order valence-electron chi connectivity index (χ4n) is 4.06. The molecule has 2 aliphatic carbocycles. The lowest BCUT2D eigenvalue weighted by molar-refractivity contribution is -0.185. The summed E-state index contributed by atoms with van der Waals surface area (Å²) >= 11 is 0. The molecular weight excluding hydrogens is 277 g/mol. The summed E-state index contributed by atoms with van der Waals surface area (Å²) in [7, 11) is 0. The number of rotatable bonds is 5. The van der Waals surface area contributed by atoms with Crippen molar-refractivity contribution in [1.82, 2.24) is 10.2 Å². The molecule has 2 nitrogen and oxygen atoms in total. The van der Waals surface area contributed by atoms with Gasteiger partial charge in [0, 0.05) is 19.1 Å². The highest BCUT2D eigenvalue weighted by molar-refractivity contribution is 4.93. The molecular formula is C16H27F3N2. The van der Waals surface area contributed by atoms with Crippen molar-refractivity contribution in [2.45, 2.75) is 63.6 Å².